The van der Waals surface area contributed by atoms with E-state index in [1.807, 2.05) is 30.3 Å². The highest BCUT2D eigenvalue weighted by atomic mass is 19.4. The maximum atomic E-state index is 12.8. The predicted molar refractivity (Wildman–Crippen MR) is 77.0 cm³/mol. The summed E-state index contributed by atoms with van der Waals surface area (Å²) in [4.78, 5) is 1.69. The zero-order valence-electron chi connectivity index (χ0n) is 11.3. The number of amidine groups is 1. The number of hydrogen-bond donors (Lipinski definition) is 2. The second-order valence-corrected chi connectivity index (χ2v) is 4.54. The highest BCUT2D eigenvalue weighted by Crippen LogP contribution is 2.34. The Balaban J connectivity index is 2.51. The van der Waals surface area contributed by atoms with E-state index in [9.17, 15) is 13.2 Å². The van der Waals surface area contributed by atoms with Gasteiger partial charge in [0.2, 0.25) is 0 Å². The average Bonchev–Trinajstić information content (AvgIpc) is 2.45. The maximum absolute atomic E-state index is 12.8. The summed E-state index contributed by atoms with van der Waals surface area (Å²) in [5.74, 6) is -0.404. The fourth-order valence-electron chi connectivity index (χ4n) is 2.01. The molecule has 0 saturated heterocycles. The minimum Gasteiger partial charge on any atom is -0.384 e. The molecular formula is C15H14F3N3. The third-order valence-electron chi connectivity index (χ3n) is 3.12. The van der Waals surface area contributed by atoms with E-state index in [4.69, 9.17) is 11.1 Å². The predicted octanol–water partition coefficient (Wildman–Crippen LogP) is 3.76. The summed E-state index contributed by atoms with van der Waals surface area (Å²) in [7, 11) is 1.71. The molecule has 0 saturated carbocycles. The van der Waals surface area contributed by atoms with E-state index in [1.54, 1.807) is 11.9 Å². The third kappa shape index (κ3) is 3.16. The minimum absolute atomic E-state index is 0.0520. The van der Waals surface area contributed by atoms with Crippen LogP contribution in [0.15, 0.2) is 48.5 Å². The van der Waals surface area contributed by atoms with E-state index in [0.717, 1.165) is 17.8 Å². The number of para-hydroxylation sites is 1. The number of nitrogen functional groups attached to an aromatic ring is 1. The molecule has 6 heteroatoms. The van der Waals surface area contributed by atoms with Crippen LogP contribution in [0, 0.1) is 5.41 Å². The third-order valence-corrected chi connectivity index (χ3v) is 3.12. The lowest BCUT2D eigenvalue weighted by molar-refractivity contribution is -0.137. The van der Waals surface area contributed by atoms with Crippen molar-refractivity contribution in [2.45, 2.75) is 6.18 Å². The molecule has 0 aliphatic carbocycles. The summed E-state index contributed by atoms with van der Waals surface area (Å²) in [5, 5.41) is 7.52. The van der Waals surface area contributed by atoms with Gasteiger partial charge in [0.05, 0.1) is 11.3 Å². The molecule has 110 valence electrons. The Morgan fingerprint density at radius 2 is 1.71 bits per heavy atom. The van der Waals surface area contributed by atoms with Gasteiger partial charge in [0.15, 0.2) is 0 Å². The summed E-state index contributed by atoms with van der Waals surface area (Å²) in [6.45, 7) is 0. The van der Waals surface area contributed by atoms with Crippen molar-refractivity contribution in [3.05, 3.63) is 59.7 Å². The van der Waals surface area contributed by atoms with Gasteiger partial charge in [-0.15, -0.1) is 0 Å². The fraction of sp³-hybridized carbons (Fsp3) is 0.133. The van der Waals surface area contributed by atoms with Gasteiger partial charge >= 0.3 is 6.18 Å². The first-order valence-corrected chi connectivity index (χ1v) is 6.15. The molecule has 0 heterocycles. The van der Waals surface area contributed by atoms with E-state index in [-0.39, 0.29) is 5.56 Å². The molecule has 2 rings (SSSR count). The second-order valence-electron chi connectivity index (χ2n) is 4.54. The number of hydrogen-bond acceptors (Lipinski definition) is 2. The molecule has 0 amide bonds. The van der Waals surface area contributed by atoms with Crippen LogP contribution in [-0.2, 0) is 6.18 Å². The quantitative estimate of drug-likeness (QED) is 0.669. The molecule has 0 fully saturated rings. The summed E-state index contributed by atoms with van der Waals surface area (Å²) < 4.78 is 38.3. The monoisotopic (exact) mass is 293 g/mol. The number of nitrogens with two attached hydrogens (primary N) is 1. The van der Waals surface area contributed by atoms with E-state index in [2.05, 4.69) is 0 Å². The molecule has 3 nitrogen and oxygen atoms in total. The van der Waals surface area contributed by atoms with Crippen molar-refractivity contribution in [2.24, 2.45) is 5.73 Å². The first-order valence-electron chi connectivity index (χ1n) is 6.15. The Morgan fingerprint density at radius 3 is 2.24 bits per heavy atom. The Bertz CT molecular complexity index is 651. The van der Waals surface area contributed by atoms with Crippen molar-refractivity contribution >= 4 is 17.2 Å². The lowest BCUT2D eigenvalue weighted by Crippen LogP contribution is -2.20. The highest BCUT2D eigenvalue weighted by molar-refractivity contribution is 6.01. The zero-order chi connectivity index (χ0) is 15.6. The van der Waals surface area contributed by atoms with E-state index in [1.165, 1.54) is 6.07 Å². The Kier molecular flexibility index (Phi) is 3.88. The number of alkyl halides is 3. The molecule has 0 spiro atoms. The number of halogens is 3. The summed E-state index contributed by atoms with van der Waals surface area (Å²) in [5.41, 5.74) is 5.90. The largest absolute Gasteiger partial charge is 0.416 e. The Morgan fingerprint density at radius 1 is 1.10 bits per heavy atom. The van der Waals surface area contributed by atoms with Gasteiger partial charge in [-0.2, -0.15) is 13.2 Å². The summed E-state index contributed by atoms with van der Waals surface area (Å²) >= 11 is 0. The van der Waals surface area contributed by atoms with Crippen molar-refractivity contribution in [3.8, 4) is 0 Å². The lowest BCUT2D eigenvalue weighted by Gasteiger charge is -2.23. The Labute approximate surface area is 120 Å². The second kappa shape index (κ2) is 5.47. The molecule has 3 N–H and O–H groups in total. The fourth-order valence-corrected chi connectivity index (χ4v) is 2.01. The topological polar surface area (TPSA) is 53.1 Å². The SMILES string of the molecule is CN(c1ccccc1)c1ccc(C(F)(F)F)cc1C(=N)N. The van der Waals surface area contributed by atoms with Gasteiger partial charge in [0.25, 0.3) is 0 Å². The lowest BCUT2D eigenvalue weighted by atomic mass is 10.1. The van der Waals surface area contributed by atoms with Gasteiger partial charge in [-0.3, -0.25) is 5.41 Å². The zero-order valence-corrected chi connectivity index (χ0v) is 11.3. The van der Waals surface area contributed by atoms with Crippen molar-refractivity contribution in [3.63, 3.8) is 0 Å². The standard InChI is InChI=1S/C15H14F3N3/c1-21(11-5-3-2-4-6-11)13-8-7-10(15(16,17)18)9-12(13)14(19)20/h2-9H,1H3,(H3,19,20). The van der Waals surface area contributed by atoms with E-state index >= 15 is 0 Å². The molecular weight excluding hydrogens is 279 g/mol. The van der Waals surface area contributed by atoms with Crippen LogP contribution in [0.1, 0.15) is 11.1 Å². The first-order chi connectivity index (χ1) is 9.80. The van der Waals surface area contributed by atoms with E-state index in [0.29, 0.717) is 5.69 Å². The van der Waals surface area contributed by atoms with Crippen LogP contribution in [0.4, 0.5) is 24.5 Å². The van der Waals surface area contributed by atoms with E-state index < -0.39 is 17.6 Å². The molecule has 0 bridgehead atoms. The molecule has 0 unspecified atom stereocenters. The van der Waals surface area contributed by atoms with Gasteiger partial charge in [0.1, 0.15) is 5.84 Å². The van der Waals surface area contributed by atoms with Gasteiger partial charge in [-0.05, 0) is 30.3 Å². The molecule has 21 heavy (non-hydrogen) atoms. The van der Waals surface area contributed by atoms with Crippen molar-refractivity contribution < 1.29 is 13.2 Å². The molecule has 0 aliphatic heterocycles. The van der Waals surface area contributed by atoms with Gasteiger partial charge in [0, 0.05) is 18.3 Å². The van der Waals surface area contributed by atoms with Crippen molar-refractivity contribution in [1.29, 1.82) is 5.41 Å². The van der Waals surface area contributed by atoms with Crippen LogP contribution < -0.4 is 10.6 Å². The van der Waals surface area contributed by atoms with Gasteiger partial charge < -0.3 is 10.6 Å². The van der Waals surface area contributed by atoms with Crippen LogP contribution >= 0.6 is 0 Å². The van der Waals surface area contributed by atoms with Crippen LogP contribution in [0.25, 0.3) is 0 Å². The summed E-state index contributed by atoms with van der Waals surface area (Å²) in [6, 6.07) is 12.3. The maximum Gasteiger partial charge on any atom is 0.416 e. The van der Waals surface area contributed by atoms with Gasteiger partial charge in [-0.1, -0.05) is 18.2 Å². The summed E-state index contributed by atoms with van der Waals surface area (Å²) in [6.07, 6.45) is -4.46. The number of anilines is 2. The first kappa shape index (κ1) is 14.9. The number of nitrogens with zero attached hydrogens (tertiary/aromatic N) is 1. The number of benzene rings is 2. The number of nitrogens with one attached hydrogen (secondary N) is 1. The molecule has 0 radical (unpaired) electrons. The minimum atomic E-state index is -4.46. The van der Waals surface area contributed by atoms with Crippen LogP contribution in [-0.4, -0.2) is 12.9 Å². The number of rotatable bonds is 3. The van der Waals surface area contributed by atoms with Crippen LogP contribution in [0.3, 0.4) is 0 Å². The van der Waals surface area contributed by atoms with Crippen LogP contribution in [0.5, 0.6) is 0 Å². The highest BCUT2D eigenvalue weighted by Gasteiger charge is 2.31. The smallest absolute Gasteiger partial charge is 0.384 e. The van der Waals surface area contributed by atoms with Crippen LogP contribution in [0.2, 0.25) is 0 Å². The van der Waals surface area contributed by atoms with Crippen molar-refractivity contribution in [1.82, 2.24) is 0 Å². The average molecular weight is 293 g/mol. The molecule has 2 aromatic carbocycles. The molecule has 2 aromatic rings. The van der Waals surface area contributed by atoms with Crippen molar-refractivity contribution in [2.75, 3.05) is 11.9 Å². The molecule has 0 aromatic heterocycles. The van der Waals surface area contributed by atoms with Gasteiger partial charge in [-0.25, -0.2) is 0 Å². The normalized spacial score (nSPS) is 11.2. The molecule has 0 aliphatic rings. The Hall–Kier alpha value is -2.50. The molecule has 0 atom stereocenters.